The maximum absolute atomic E-state index is 11.9. The molecule has 2 unspecified atom stereocenters. The number of hydrogen-bond acceptors (Lipinski definition) is 3. The first-order valence-corrected chi connectivity index (χ1v) is 8.29. The first-order chi connectivity index (χ1) is 9.58. The molecule has 0 aromatic carbocycles. The van der Waals surface area contributed by atoms with Gasteiger partial charge in [0.25, 0.3) is 0 Å². The zero-order chi connectivity index (χ0) is 15.0. The van der Waals surface area contributed by atoms with Crippen molar-refractivity contribution in [1.29, 1.82) is 0 Å². The second kappa shape index (κ2) is 9.35. The van der Waals surface area contributed by atoms with Crippen LogP contribution in [0.4, 0.5) is 0 Å². The molecule has 2 atom stereocenters. The summed E-state index contributed by atoms with van der Waals surface area (Å²) < 4.78 is 0. The Bertz CT molecular complexity index is 281. The minimum atomic E-state index is 0.145. The van der Waals surface area contributed by atoms with Crippen LogP contribution < -0.4 is 11.1 Å². The maximum atomic E-state index is 11.9. The van der Waals surface area contributed by atoms with Crippen LogP contribution in [0.15, 0.2) is 0 Å². The summed E-state index contributed by atoms with van der Waals surface area (Å²) in [6, 6.07) is 0.206. The van der Waals surface area contributed by atoms with E-state index in [1.807, 2.05) is 0 Å². The number of nitrogens with one attached hydrogen (secondary N) is 1. The Kier molecular flexibility index (Phi) is 8.15. The van der Waals surface area contributed by atoms with Crippen molar-refractivity contribution in [1.82, 2.24) is 10.2 Å². The van der Waals surface area contributed by atoms with Crippen molar-refractivity contribution in [3.63, 3.8) is 0 Å². The topological polar surface area (TPSA) is 58.4 Å². The van der Waals surface area contributed by atoms with Gasteiger partial charge in [0.15, 0.2) is 0 Å². The van der Waals surface area contributed by atoms with E-state index in [0.717, 1.165) is 37.9 Å². The van der Waals surface area contributed by atoms with Crippen molar-refractivity contribution in [3.8, 4) is 0 Å². The number of likely N-dealkylation sites (tertiary alicyclic amines) is 1. The molecule has 4 nitrogen and oxygen atoms in total. The van der Waals surface area contributed by atoms with Crippen LogP contribution in [-0.2, 0) is 4.79 Å². The summed E-state index contributed by atoms with van der Waals surface area (Å²) in [5, 5.41) is 2.96. The van der Waals surface area contributed by atoms with Crippen LogP contribution in [0.5, 0.6) is 0 Å². The molecule has 0 radical (unpaired) electrons. The van der Waals surface area contributed by atoms with E-state index in [-0.39, 0.29) is 11.9 Å². The molecule has 1 amide bonds. The van der Waals surface area contributed by atoms with Gasteiger partial charge in [0.05, 0.1) is 0 Å². The van der Waals surface area contributed by atoms with Crippen LogP contribution in [-0.4, -0.2) is 43.0 Å². The zero-order valence-corrected chi connectivity index (χ0v) is 13.5. The van der Waals surface area contributed by atoms with Gasteiger partial charge in [0, 0.05) is 25.6 Å². The number of rotatable bonds is 7. The summed E-state index contributed by atoms with van der Waals surface area (Å²) in [6.07, 6.45) is 5.32. The molecule has 1 rings (SSSR count). The largest absolute Gasteiger partial charge is 0.356 e. The molecule has 1 saturated heterocycles. The van der Waals surface area contributed by atoms with Gasteiger partial charge in [-0.1, -0.05) is 20.8 Å². The molecule has 0 aromatic rings. The third kappa shape index (κ3) is 5.80. The van der Waals surface area contributed by atoms with Gasteiger partial charge in [-0.3, -0.25) is 9.69 Å². The highest BCUT2D eigenvalue weighted by atomic mass is 16.1. The summed E-state index contributed by atoms with van der Waals surface area (Å²) >= 11 is 0. The third-order valence-corrected chi connectivity index (χ3v) is 4.53. The minimum Gasteiger partial charge on any atom is -0.356 e. The van der Waals surface area contributed by atoms with Crippen molar-refractivity contribution in [2.45, 2.75) is 58.9 Å². The van der Waals surface area contributed by atoms with Crippen LogP contribution in [0.1, 0.15) is 52.9 Å². The maximum Gasteiger partial charge on any atom is 0.221 e. The van der Waals surface area contributed by atoms with Gasteiger partial charge in [-0.25, -0.2) is 0 Å². The number of hydrogen-bond donors (Lipinski definition) is 2. The Morgan fingerprint density at radius 2 is 2.10 bits per heavy atom. The fourth-order valence-corrected chi connectivity index (χ4v) is 3.09. The zero-order valence-electron chi connectivity index (χ0n) is 13.5. The molecule has 0 aromatic heterocycles. The SMILES string of the molecule is CCCNC(=O)CC(CN)N1CCCC(C(C)C)CC1. The van der Waals surface area contributed by atoms with E-state index in [4.69, 9.17) is 5.73 Å². The lowest BCUT2D eigenvalue weighted by Crippen LogP contribution is -2.44. The molecule has 118 valence electrons. The normalized spacial score (nSPS) is 22.6. The van der Waals surface area contributed by atoms with Gasteiger partial charge in [-0.05, 0) is 50.6 Å². The molecule has 1 aliphatic heterocycles. The number of nitrogens with two attached hydrogens (primary N) is 1. The Balaban J connectivity index is 2.46. The van der Waals surface area contributed by atoms with Crippen molar-refractivity contribution < 1.29 is 4.79 Å². The molecule has 0 saturated carbocycles. The lowest BCUT2D eigenvalue weighted by Gasteiger charge is -2.29. The average Bonchev–Trinajstić information content (AvgIpc) is 2.68. The molecular weight excluding hydrogens is 250 g/mol. The number of amides is 1. The number of nitrogens with zero attached hydrogens (tertiary/aromatic N) is 1. The summed E-state index contributed by atoms with van der Waals surface area (Å²) in [6.45, 7) is 10.2. The lowest BCUT2D eigenvalue weighted by molar-refractivity contribution is -0.122. The van der Waals surface area contributed by atoms with E-state index in [0.29, 0.717) is 13.0 Å². The molecular formula is C16H33N3O. The molecule has 20 heavy (non-hydrogen) atoms. The fraction of sp³-hybridized carbons (Fsp3) is 0.938. The molecule has 1 heterocycles. The molecule has 1 fully saturated rings. The van der Waals surface area contributed by atoms with E-state index in [2.05, 4.69) is 31.0 Å². The highest BCUT2D eigenvalue weighted by molar-refractivity contribution is 5.76. The predicted molar refractivity (Wildman–Crippen MR) is 84.5 cm³/mol. The van der Waals surface area contributed by atoms with Crippen molar-refractivity contribution in [2.24, 2.45) is 17.6 Å². The summed E-state index contributed by atoms with van der Waals surface area (Å²) in [5.41, 5.74) is 5.90. The molecule has 1 aliphatic rings. The van der Waals surface area contributed by atoms with E-state index in [1.165, 1.54) is 19.3 Å². The van der Waals surface area contributed by atoms with Crippen molar-refractivity contribution >= 4 is 5.91 Å². The predicted octanol–water partition coefficient (Wildman–Crippen LogP) is 1.99. The summed E-state index contributed by atoms with van der Waals surface area (Å²) in [4.78, 5) is 14.3. The Labute approximate surface area is 124 Å². The standard InChI is InChI=1S/C16H33N3O/c1-4-8-18-16(20)11-15(12-17)19-9-5-6-14(7-10-19)13(2)3/h13-15H,4-12,17H2,1-3H3,(H,18,20). The fourth-order valence-electron chi connectivity index (χ4n) is 3.09. The second-order valence-corrected chi connectivity index (χ2v) is 6.41. The first kappa shape index (κ1) is 17.4. The molecule has 0 spiro atoms. The number of carbonyl (C=O) groups is 1. The highest BCUT2D eigenvalue weighted by Crippen LogP contribution is 2.25. The van der Waals surface area contributed by atoms with Gasteiger partial charge in [-0.2, -0.15) is 0 Å². The Morgan fingerprint density at radius 1 is 1.35 bits per heavy atom. The number of carbonyl (C=O) groups excluding carboxylic acids is 1. The monoisotopic (exact) mass is 283 g/mol. The molecule has 0 bridgehead atoms. The van der Waals surface area contributed by atoms with E-state index < -0.39 is 0 Å². The van der Waals surface area contributed by atoms with E-state index in [9.17, 15) is 4.79 Å². The Morgan fingerprint density at radius 3 is 2.70 bits per heavy atom. The first-order valence-electron chi connectivity index (χ1n) is 8.29. The highest BCUT2D eigenvalue weighted by Gasteiger charge is 2.25. The van der Waals surface area contributed by atoms with E-state index in [1.54, 1.807) is 0 Å². The van der Waals surface area contributed by atoms with Crippen LogP contribution in [0.3, 0.4) is 0 Å². The van der Waals surface area contributed by atoms with Crippen LogP contribution in [0.2, 0.25) is 0 Å². The van der Waals surface area contributed by atoms with Crippen molar-refractivity contribution in [3.05, 3.63) is 0 Å². The van der Waals surface area contributed by atoms with E-state index >= 15 is 0 Å². The van der Waals surface area contributed by atoms with Gasteiger partial charge < -0.3 is 11.1 Å². The summed E-state index contributed by atoms with van der Waals surface area (Å²) in [5.74, 6) is 1.73. The Hall–Kier alpha value is -0.610. The summed E-state index contributed by atoms with van der Waals surface area (Å²) in [7, 11) is 0. The van der Waals surface area contributed by atoms with Gasteiger partial charge in [0.1, 0.15) is 0 Å². The van der Waals surface area contributed by atoms with Crippen LogP contribution >= 0.6 is 0 Å². The quantitative estimate of drug-likeness (QED) is 0.751. The smallest absolute Gasteiger partial charge is 0.221 e. The van der Waals surface area contributed by atoms with Gasteiger partial charge in [-0.15, -0.1) is 0 Å². The second-order valence-electron chi connectivity index (χ2n) is 6.41. The third-order valence-electron chi connectivity index (χ3n) is 4.53. The molecule has 3 N–H and O–H groups in total. The van der Waals surface area contributed by atoms with Gasteiger partial charge in [0.2, 0.25) is 5.91 Å². The average molecular weight is 283 g/mol. The minimum absolute atomic E-state index is 0.145. The van der Waals surface area contributed by atoms with Gasteiger partial charge >= 0.3 is 0 Å². The van der Waals surface area contributed by atoms with Crippen molar-refractivity contribution in [2.75, 3.05) is 26.2 Å². The lowest BCUT2D eigenvalue weighted by atomic mass is 9.89. The van der Waals surface area contributed by atoms with Crippen LogP contribution in [0.25, 0.3) is 0 Å². The van der Waals surface area contributed by atoms with Crippen LogP contribution in [0, 0.1) is 11.8 Å². The molecule has 0 aliphatic carbocycles. The molecule has 4 heteroatoms.